The Labute approximate surface area is 119 Å². The van der Waals surface area contributed by atoms with E-state index in [4.69, 9.17) is 0 Å². The van der Waals surface area contributed by atoms with Crippen molar-refractivity contribution in [1.29, 1.82) is 0 Å². The molecule has 0 bridgehead atoms. The lowest BCUT2D eigenvalue weighted by Crippen LogP contribution is -2.47. The first-order chi connectivity index (χ1) is 8.49. The number of Topliss-reactive ketones (excluding diaryl/α,β-unsaturated/α-hetero) is 2. The van der Waals surface area contributed by atoms with Crippen LogP contribution in [0.25, 0.3) is 0 Å². The molecule has 0 aromatic rings. The summed E-state index contributed by atoms with van der Waals surface area (Å²) < 4.78 is 0. The van der Waals surface area contributed by atoms with Gasteiger partial charge in [0.25, 0.3) is 0 Å². The van der Waals surface area contributed by atoms with Crippen molar-refractivity contribution >= 4 is 11.6 Å². The first kappa shape index (κ1) is 18.3. The predicted octanol–water partition coefficient (Wildman–Crippen LogP) is 4.66. The van der Waals surface area contributed by atoms with Gasteiger partial charge in [0.2, 0.25) is 0 Å². The van der Waals surface area contributed by atoms with Gasteiger partial charge in [-0.15, -0.1) is 0 Å². The van der Waals surface area contributed by atoms with Crippen molar-refractivity contribution in [2.45, 2.75) is 74.7 Å². The van der Waals surface area contributed by atoms with Crippen LogP contribution in [0.3, 0.4) is 0 Å². The van der Waals surface area contributed by atoms with Crippen LogP contribution in [0.1, 0.15) is 74.7 Å². The van der Waals surface area contributed by atoms with Crippen LogP contribution in [0.15, 0.2) is 0 Å². The minimum absolute atomic E-state index is 0.0848. The molecule has 0 radical (unpaired) electrons. The third kappa shape index (κ3) is 4.43. The molecular weight excluding hydrogens is 236 g/mol. The summed E-state index contributed by atoms with van der Waals surface area (Å²) >= 11 is 0. The number of rotatable bonds is 7. The van der Waals surface area contributed by atoms with E-state index < -0.39 is 10.8 Å². The highest BCUT2D eigenvalue weighted by Crippen LogP contribution is 2.40. The quantitative estimate of drug-likeness (QED) is 0.629. The van der Waals surface area contributed by atoms with E-state index in [0.717, 1.165) is 6.42 Å². The van der Waals surface area contributed by atoms with E-state index in [1.807, 2.05) is 41.5 Å². The van der Waals surface area contributed by atoms with E-state index in [1.165, 1.54) is 0 Å². The Morgan fingerprint density at radius 2 is 1.47 bits per heavy atom. The molecular formula is C17H32O2. The van der Waals surface area contributed by atoms with Crippen LogP contribution in [0.5, 0.6) is 0 Å². The van der Waals surface area contributed by atoms with Crippen LogP contribution < -0.4 is 0 Å². The summed E-state index contributed by atoms with van der Waals surface area (Å²) in [5.41, 5.74) is -1.24. The third-order valence-electron chi connectivity index (χ3n) is 3.86. The average molecular weight is 268 g/mol. The minimum atomic E-state index is -0.781. The van der Waals surface area contributed by atoms with Crippen LogP contribution in [0.4, 0.5) is 0 Å². The van der Waals surface area contributed by atoms with E-state index in [9.17, 15) is 9.59 Å². The van der Waals surface area contributed by atoms with Gasteiger partial charge in [-0.2, -0.15) is 0 Å². The molecule has 0 amide bonds. The van der Waals surface area contributed by atoms with Crippen molar-refractivity contribution in [3.63, 3.8) is 0 Å². The monoisotopic (exact) mass is 268 g/mol. The Hall–Kier alpha value is -0.660. The maximum Gasteiger partial charge on any atom is 0.151 e. The fourth-order valence-corrected chi connectivity index (χ4v) is 2.67. The number of carbonyl (C=O) groups is 2. The van der Waals surface area contributed by atoms with Gasteiger partial charge in [0, 0.05) is 11.3 Å². The second kappa shape index (κ2) is 6.67. The van der Waals surface area contributed by atoms with Crippen LogP contribution in [0, 0.1) is 22.7 Å². The summed E-state index contributed by atoms with van der Waals surface area (Å²) in [6.45, 7) is 15.8. The summed E-state index contributed by atoms with van der Waals surface area (Å²) in [7, 11) is 0. The average Bonchev–Trinajstić information content (AvgIpc) is 2.28. The number of ketones is 2. The molecule has 2 heteroatoms. The lowest BCUT2D eigenvalue weighted by atomic mass is 9.63. The van der Waals surface area contributed by atoms with Crippen molar-refractivity contribution in [2.75, 3.05) is 0 Å². The lowest BCUT2D eigenvalue weighted by Gasteiger charge is -2.37. The van der Waals surface area contributed by atoms with Gasteiger partial charge >= 0.3 is 0 Å². The molecule has 0 saturated carbocycles. The summed E-state index contributed by atoms with van der Waals surface area (Å²) in [6, 6.07) is 0. The molecule has 0 aliphatic carbocycles. The van der Waals surface area contributed by atoms with Crippen molar-refractivity contribution in [1.82, 2.24) is 0 Å². The van der Waals surface area contributed by atoms with Gasteiger partial charge in [0.05, 0.1) is 5.41 Å². The summed E-state index contributed by atoms with van der Waals surface area (Å²) in [6.07, 6.45) is 2.23. The zero-order valence-electron chi connectivity index (χ0n) is 14.1. The topological polar surface area (TPSA) is 34.1 Å². The molecule has 1 unspecified atom stereocenters. The van der Waals surface area contributed by atoms with E-state index in [2.05, 4.69) is 13.8 Å². The van der Waals surface area contributed by atoms with Crippen LogP contribution in [-0.2, 0) is 9.59 Å². The second-order valence-corrected chi connectivity index (χ2v) is 7.47. The SMILES string of the molecule is CCC(CCC(C)C)(C(=O)C(C)C)C(=O)C(C)(C)C. The number of carbonyl (C=O) groups excluding carboxylic acids is 2. The van der Waals surface area contributed by atoms with E-state index in [0.29, 0.717) is 18.8 Å². The fraction of sp³-hybridized carbons (Fsp3) is 0.882. The Morgan fingerprint density at radius 1 is 1.00 bits per heavy atom. The zero-order chi connectivity index (χ0) is 15.4. The fourth-order valence-electron chi connectivity index (χ4n) is 2.67. The summed E-state index contributed by atoms with van der Waals surface area (Å²) in [4.78, 5) is 25.5. The number of hydrogen-bond donors (Lipinski definition) is 0. The molecule has 0 aliphatic rings. The Bertz CT molecular complexity index is 321. The molecule has 0 rings (SSSR count). The molecule has 0 aliphatic heterocycles. The maximum atomic E-state index is 12.9. The standard InChI is InChI=1S/C17H32O2/c1-9-17(11-10-12(2)3,14(18)13(4)5)15(19)16(6,7)8/h12-13H,9-11H2,1-8H3. The van der Waals surface area contributed by atoms with Crippen LogP contribution >= 0.6 is 0 Å². The first-order valence-corrected chi connectivity index (χ1v) is 7.58. The van der Waals surface area contributed by atoms with Crippen LogP contribution in [-0.4, -0.2) is 11.6 Å². The van der Waals surface area contributed by atoms with Gasteiger partial charge in [0.1, 0.15) is 5.78 Å². The molecule has 0 heterocycles. The van der Waals surface area contributed by atoms with Gasteiger partial charge in [-0.1, -0.05) is 55.4 Å². The molecule has 0 aromatic carbocycles. The van der Waals surface area contributed by atoms with Crippen molar-refractivity contribution in [3.05, 3.63) is 0 Å². The molecule has 112 valence electrons. The van der Waals surface area contributed by atoms with E-state index in [1.54, 1.807) is 0 Å². The summed E-state index contributed by atoms with van der Waals surface area (Å²) in [5.74, 6) is 0.662. The Morgan fingerprint density at radius 3 is 1.74 bits per heavy atom. The third-order valence-corrected chi connectivity index (χ3v) is 3.86. The molecule has 0 fully saturated rings. The van der Waals surface area contributed by atoms with E-state index in [-0.39, 0.29) is 17.5 Å². The molecule has 19 heavy (non-hydrogen) atoms. The highest BCUT2D eigenvalue weighted by Gasteiger charge is 2.48. The number of hydrogen-bond acceptors (Lipinski definition) is 2. The van der Waals surface area contributed by atoms with Crippen molar-refractivity contribution in [3.8, 4) is 0 Å². The van der Waals surface area contributed by atoms with Crippen LogP contribution in [0.2, 0.25) is 0 Å². The summed E-state index contributed by atoms with van der Waals surface area (Å²) in [5, 5.41) is 0. The molecule has 0 saturated heterocycles. The molecule has 0 N–H and O–H groups in total. The van der Waals surface area contributed by atoms with Gasteiger partial charge < -0.3 is 0 Å². The molecule has 0 spiro atoms. The highest BCUT2D eigenvalue weighted by molar-refractivity contribution is 6.09. The largest absolute Gasteiger partial charge is 0.298 e. The first-order valence-electron chi connectivity index (χ1n) is 7.58. The molecule has 0 aromatic heterocycles. The predicted molar refractivity (Wildman–Crippen MR) is 81.1 cm³/mol. The smallest absolute Gasteiger partial charge is 0.151 e. The van der Waals surface area contributed by atoms with Gasteiger partial charge in [-0.25, -0.2) is 0 Å². The normalized spacial score (nSPS) is 15.7. The second-order valence-electron chi connectivity index (χ2n) is 7.47. The Balaban J connectivity index is 5.54. The van der Waals surface area contributed by atoms with Crippen molar-refractivity contribution < 1.29 is 9.59 Å². The Kier molecular flexibility index (Phi) is 6.44. The van der Waals surface area contributed by atoms with Gasteiger partial charge in [0.15, 0.2) is 5.78 Å². The van der Waals surface area contributed by atoms with Gasteiger partial charge in [-0.05, 0) is 25.2 Å². The van der Waals surface area contributed by atoms with Crippen molar-refractivity contribution in [2.24, 2.45) is 22.7 Å². The minimum Gasteiger partial charge on any atom is -0.298 e. The molecule has 2 nitrogen and oxygen atoms in total. The van der Waals surface area contributed by atoms with Gasteiger partial charge in [-0.3, -0.25) is 9.59 Å². The van der Waals surface area contributed by atoms with E-state index >= 15 is 0 Å². The molecule has 1 atom stereocenters. The lowest BCUT2D eigenvalue weighted by molar-refractivity contribution is -0.149. The highest BCUT2D eigenvalue weighted by atomic mass is 16.2. The maximum absolute atomic E-state index is 12.9. The zero-order valence-corrected chi connectivity index (χ0v) is 14.1.